The Morgan fingerprint density at radius 3 is 2.65 bits per heavy atom. The van der Waals surface area contributed by atoms with Crippen LogP contribution in [0.1, 0.15) is 18.9 Å². The summed E-state index contributed by atoms with van der Waals surface area (Å²) in [7, 11) is 0. The fourth-order valence-corrected chi connectivity index (χ4v) is 2.23. The molecule has 5 heteroatoms. The first-order valence-electron chi connectivity index (χ1n) is 5.45. The van der Waals surface area contributed by atoms with Crippen molar-refractivity contribution in [2.24, 2.45) is 0 Å². The molecule has 1 aromatic rings. The maximum atomic E-state index is 12.0. The van der Waals surface area contributed by atoms with Gasteiger partial charge in [-0.25, -0.2) is 9.69 Å². The standard InChI is InChI=1S/C12H13ClN2O2/c1-3-9-11(16)15(12(17)14-9)10-7(2)5-4-6-8(10)13/h4-6,9H,3H2,1-2H3,(H,14,17). The van der Waals surface area contributed by atoms with Crippen LogP contribution < -0.4 is 10.2 Å². The fourth-order valence-electron chi connectivity index (χ4n) is 1.93. The van der Waals surface area contributed by atoms with Gasteiger partial charge in [-0.05, 0) is 25.0 Å². The van der Waals surface area contributed by atoms with E-state index >= 15 is 0 Å². The van der Waals surface area contributed by atoms with Crippen LogP contribution in [0.3, 0.4) is 0 Å². The van der Waals surface area contributed by atoms with Crippen LogP contribution in [0.5, 0.6) is 0 Å². The van der Waals surface area contributed by atoms with Crippen molar-refractivity contribution in [1.82, 2.24) is 5.32 Å². The number of nitrogens with zero attached hydrogens (tertiary/aromatic N) is 1. The zero-order valence-corrected chi connectivity index (χ0v) is 10.4. The lowest BCUT2D eigenvalue weighted by Gasteiger charge is -2.17. The summed E-state index contributed by atoms with van der Waals surface area (Å²) < 4.78 is 0. The molecule has 90 valence electrons. The van der Waals surface area contributed by atoms with E-state index < -0.39 is 12.1 Å². The number of hydrogen-bond acceptors (Lipinski definition) is 2. The van der Waals surface area contributed by atoms with Crippen LogP contribution in [-0.2, 0) is 4.79 Å². The highest BCUT2D eigenvalue weighted by atomic mass is 35.5. The third kappa shape index (κ3) is 1.89. The van der Waals surface area contributed by atoms with Crippen LogP contribution in [0.25, 0.3) is 0 Å². The van der Waals surface area contributed by atoms with E-state index in [0.717, 1.165) is 10.5 Å². The van der Waals surface area contributed by atoms with Gasteiger partial charge in [0, 0.05) is 0 Å². The van der Waals surface area contributed by atoms with Crippen molar-refractivity contribution in [3.05, 3.63) is 28.8 Å². The molecule has 1 aliphatic heterocycles. The maximum absolute atomic E-state index is 12.0. The first kappa shape index (κ1) is 11.9. The SMILES string of the molecule is CCC1NC(=O)N(c2c(C)cccc2Cl)C1=O. The molecule has 1 aromatic carbocycles. The molecule has 1 fully saturated rings. The highest BCUT2D eigenvalue weighted by Gasteiger charge is 2.39. The second-order valence-corrected chi connectivity index (χ2v) is 4.40. The van der Waals surface area contributed by atoms with Crippen molar-refractivity contribution >= 4 is 29.2 Å². The number of para-hydroxylation sites is 1. The normalized spacial score (nSPS) is 19.7. The van der Waals surface area contributed by atoms with Crippen molar-refractivity contribution in [2.45, 2.75) is 26.3 Å². The number of urea groups is 1. The summed E-state index contributed by atoms with van der Waals surface area (Å²) >= 11 is 6.06. The molecule has 1 unspecified atom stereocenters. The number of hydrogen-bond donors (Lipinski definition) is 1. The Kier molecular flexibility index (Phi) is 3.07. The van der Waals surface area contributed by atoms with E-state index in [1.807, 2.05) is 19.9 Å². The summed E-state index contributed by atoms with van der Waals surface area (Å²) in [5.74, 6) is -0.242. The van der Waals surface area contributed by atoms with Crippen LogP contribution in [0.15, 0.2) is 18.2 Å². The lowest BCUT2D eigenvalue weighted by Crippen LogP contribution is -2.32. The van der Waals surface area contributed by atoms with Crippen molar-refractivity contribution in [3.8, 4) is 0 Å². The minimum atomic E-state index is -0.446. The predicted molar refractivity (Wildman–Crippen MR) is 66.3 cm³/mol. The van der Waals surface area contributed by atoms with Gasteiger partial charge in [-0.1, -0.05) is 30.7 Å². The smallest absolute Gasteiger partial charge is 0.325 e. The van der Waals surface area contributed by atoms with E-state index in [4.69, 9.17) is 11.6 Å². The van der Waals surface area contributed by atoms with Gasteiger partial charge in [0.05, 0.1) is 10.7 Å². The van der Waals surface area contributed by atoms with E-state index in [-0.39, 0.29) is 5.91 Å². The molecule has 1 aliphatic rings. The minimum Gasteiger partial charge on any atom is -0.325 e. The molecule has 0 spiro atoms. The molecule has 1 heterocycles. The number of rotatable bonds is 2. The summed E-state index contributed by atoms with van der Waals surface area (Å²) in [6.45, 7) is 3.67. The van der Waals surface area contributed by atoms with Gasteiger partial charge in [0.15, 0.2) is 0 Å². The topological polar surface area (TPSA) is 49.4 Å². The number of anilines is 1. The summed E-state index contributed by atoms with van der Waals surface area (Å²) in [5.41, 5.74) is 1.28. The highest BCUT2D eigenvalue weighted by molar-refractivity contribution is 6.36. The Labute approximate surface area is 105 Å². The lowest BCUT2D eigenvalue weighted by atomic mass is 10.1. The zero-order chi connectivity index (χ0) is 12.6. The Balaban J connectivity index is 2.47. The number of nitrogens with one attached hydrogen (secondary N) is 1. The average molecular weight is 253 g/mol. The minimum absolute atomic E-state index is 0.242. The molecule has 2 rings (SSSR count). The van der Waals surface area contributed by atoms with Gasteiger partial charge in [0.2, 0.25) is 0 Å². The predicted octanol–water partition coefficient (Wildman–Crippen LogP) is 2.48. The van der Waals surface area contributed by atoms with Crippen LogP contribution in [0.2, 0.25) is 5.02 Å². The molecular weight excluding hydrogens is 240 g/mol. The van der Waals surface area contributed by atoms with E-state index in [9.17, 15) is 9.59 Å². The van der Waals surface area contributed by atoms with Gasteiger partial charge in [-0.2, -0.15) is 0 Å². The van der Waals surface area contributed by atoms with E-state index in [2.05, 4.69) is 5.32 Å². The summed E-state index contributed by atoms with van der Waals surface area (Å²) in [4.78, 5) is 25.0. The average Bonchev–Trinajstić information content (AvgIpc) is 2.56. The Morgan fingerprint density at radius 1 is 1.41 bits per heavy atom. The second-order valence-electron chi connectivity index (χ2n) is 3.99. The number of imide groups is 1. The number of carbonyl (C=O) groups excluding carboxylic acids is 2. The number of benzene rings is 1. The molecule has 1 saturated heterocycles. The lowest BCUT2D eigenvalue weighted by molar-refractivity contribution is -0.118. The van der Waals surface area contributed by atoms with Crippen LogP contribution in [0, 0.1) is 6.92 Å². The van der Waals surface area contributed by atoms with Crippen molar-refractivity contribution in [3.63, 3.8) is 0 Å². The van der Waals surface area contributed by atoms with E-state index in [1.54, 1.807) is 12.1 Å². The quantitative estimate of drug-likeness (QED) is 0.822. The zero-order valence-electron chi connectivity index (χ0n) is 9.66. The third-order valence-corrected chi connectivity index (χ3v) is 3.14. The first-order valence-corrected chi connectivity index (χ1v) is 5.83. The maximum Gasteiger partial charge on any atom is 0.329 e. The van der Waals surface area contributed by atoms with E-state index in [0.29, 0.717) is 17.1 Å². The number of amides is 3. The van der Waals surface area contributed by atoms with Crippen LogP contribution in [0.4, 0.5) is 10.5 Å². The van der Waals surface area contributed by atoms with Gasteiger partial charge in [0.25, 0.3) is 5.91 Å². The largest absolute Gasteiger partial charge is 0.329 e. The molecule has 0 saturated carbocycles. The molecule has 3 amide bonds. The monoisotopic (exact) mass is 252 g/mol. The molecule has 0 radical (unpaired) electrons. The molecule has 4 nitrogen and oxygen atoms in total. The van der Waals surface area contributed by atoms with Gasteiger partial charge in [-0.3, -0.25) is 4.79 Å². The van der Waals surface area contributed by atoms with E-state index in [1.165, 1.54) is 0 Å². The van der Waals surface area contributed by atoms with Gasteiger partial charge in [0.1, 0.15) is 6.04 Å². The number of carbonyl (C=O) groups is 2. The Hall–Kier alpha value is -1.55. The summed E-state index contributed by atoms with van der Waals surface area (Å²) in [5, 5.41) is 3.04. The van der Waals surface area contributed by atoms with Gasteiger partial charge >= 0.3 is 6.03 Å². The molecule has 17 heavy (non-hydrogen) atoms. The molecule has 0 bridgehead atoms. The van der Waals surface area contributed by atoms with Crippen LogP contribution in [-0.4, -0.2) is 18.0 Å². The molecule has 1 N–H and O–H groups in total. The van der Waals surface area contributed by atoms with Gasteiger partial charge in [-0.15, -0.1) is 0 Å². The van der Waals surface area contributed by atoms with Gasteiger partial charge < -0.3 is 5.32 Å². The first-order chi connectivity index (χ1) is 8.06. The summed E-state index contributed by atoms with van der Waals surface area (Å²) in [6.07, 6.45) is 0.574. The van der Waals surface area contributed by atoms with Crippen molar-refractivity contribution in [1.29, 1.82) is 0 Å². The number of aryl methyl sites for hydroxylation is 1. The molecular formula is C12H13ClN2O2. The molecule has 0 aromatic heterocycles. The Bertz CT molecular complexity index is 467. The number of halogens is 1. The Morgan fingerprint density at radius 2 is 2.12 bits per heavy atom. The summed E-state index contributed by atoms with van der Waals surface area (Å²) in [6, 6.07) is 4.43. The second kappa shape index (κ2) is 4.37. The molecule has 0 aliphatic carbocycles. The van der Waals surface area contributed by atoms with Crippen LogP contribution >= 0.6 is 11.6 Å². The van der Waals surface area contributed by atoms with Crippen molar-refractivity contribution < 1.29 is 9.59 Å². The fraction of sp³-hybridized carbons (Fsp3) is 0.333. The highest BCUT2D eigenvalue weighted by Crippen LogP contribution is 2.31. The third-order valence-electron chi connectivity index (χ3n) is 2.84. The molecule has 1 atom stereocenters. The van der Waals surface area contributed by atoms with Crippen molar-refractivity contribution in [2.75, 3.05) is 4.90 Å².